The smallest absolute Gasteiger partial charge is 0.280 e. The number of hydrogen-bond acceptors (Lipinski definition) is 6. The van der Waals surface area contributed by atoms with E-state index in [0.29, 0.717) is 10.6 Å². The molecule has 0 spiro atoms. The number of carbonyl (C=O) groups excluding carboxylic acids is 1. The number of hydrogen-bond donors (Lipinski definition) is 3. The van der Waals surface area contributed by atoms with Gasteiger partial charge in [0.1, 0.15) is 0 Å². The van der Waals surface area contributed by atoms with Crippen molar-refractivity contribution in [2.24, 2.45) is 23.8 Å². The van der Waals surface area contributed by atoms with Crippen molar-refractivity contribution in [2.45, 2.75) is 0 Å². The van der Waals surface area contributed by atoms with E-state index < -0.39 is 11.5 Å². The SMILES string of the molecule is CN(N)/C(=N\N)NC(=O)c1nn(C)c(=O)c(-c2ccccc2Cl)c1Cl. The number of carbonyl (C=O) groups is 1. The molecule has 0 unspecified atom stereocenters. The molecule has 5 N–H and O–H groups in total. The lowest BCUT2D eigenvalue weighted by atomic mass is 10.1. The van der Waals surface area contributed by atoms with Crippen molar-refractivity contribution in [2.75, 3.05) is 7.05 Å². The lowest BCUT2D eigenvalue weighted by molar-refractivity contribution is 0.0965. The maximum absolute atomic E-state index is 12.5. The van der Waals surface area contributed by atoms with Crippen LogP contribution in [0.2, 0.25) is 10.0 Å². The van der Waals surface area contributed by atoms with Crippen LogP contribution in [-0.2, 0) is 7.05 Å². The molecule has 9 nitrogen and oxygen atoms in total. The average Bonchev–Trinajstić information content (AvgIpc) is 2.57. The number of nitrogens with one attached hydrogen (secondary N) is 1. The van der Waals surface area contributed by atoms with Crippen LogP contribution < -0.4 is 22.6 Å². The van der Waals surface area contributed by atoms with Crippen LogP contribution in [0.4, 0.5) is 0 Å². The standard InChI is InChI=1S/C14H15Cl2N7O2/c1-22(18)14(20-17)19-12(24)11-10(16)9(13(25)23(2)21-11)7-5-3-4-6-8(7)15/h3-6H,17-18H2,1-2H3,(H,19,20,24). The van der Waals surface area contributed by atoms with E-state index in [4.69, 9.17) is 34.9 Å². The summed E-state index contributed by atoms with van der Waals surface area (Å²) in [5.41, 5.74) is -0.267. The maximum Gasteiger partial charge on any atom is 0.280 e. The summed E-state index contributed by atoms with van der Waals surface area (Å²) in [7, 11) is 2.82. The fourth-order valence-corrected chi connectivity index (χ4v) is 2.56. The van der Waals surface area contributed by atoms with Gasteiger partial charge in [0.2, 0.25) is 5.96 Å². The van der Waals surface area contributed by atoms with Gasteiger partial charge >= 0.3 is 0 Å². The van der Waals surface area contributed by atoms with E-state index in [1.54, 1.807) is 24.3 Å². The van der Waals surface area contributed by atoms with E-state index in [1.165, 1.54) is 14.1 Å². The highest BCUT2D eigenvalue weighted by Gasteiger charge is 2.23. The molecule has 2 aromatic rings. The van der Waals surface area contributed by atoms with Gasteiger partial charge in [-0.25, -0.2) is 10.5 Å². The zero-order valence-corrected chi connectivity index (χ0v) is 14.8. The Hall–Kier alpha value is -2.62. The number of aromatic nitrogens is 2. The first kappa shape index (κ1) is 18.7. The van der Waals surface area contributed by atoms with E-state index in [2.05, 4.69) is 15.5 Å². The van der Waals surface area contributed by atoms with Crippen LogP contribution in [0.5, 0.6) is 0 Å². The third-order valence-corrected chi connectivity index (χ3v) is 3.92. The molecule has 0 aliphatic carbocycles. The topological polar surface area (TPSA) is 132 Å². The number of aryl methyl sites for hydroxylation is 1. The van der Waals surface area contributed by atoms with Crippen LogP contribution in [0.15, 0.2) is 34.2 Å². The second kappa shape index (κ2) is 7.51. The van der Waals surface area contributed by atoms with E-state index in [9.17, 15) is 9.59 Å². The predicted molar refractivity (Wildman–Crippen MR) is 96.0 cm³/mol. The Labute approximate surface area is 152 Å². The molecule has 0 saturated heterocycles. The van der Waals surface area contributed by atoms with Gasteiger partial charge in [-0.1, -0.05) is 41.4 Å². The summed E-state index contributed by atoms with van der Waals surface area (Å²) in [6.45, 7) is 0. The van der Waals surface area contributed by atoms with Gasteiger partial charge in [0, 0.05) is 24.7 Å². The van der Waals surface area contributed by atoms with Crippen molar-refractivity contribution in [3.8, 4) is 11.1 Å². The van der Waals surface area contributed by atoms with Gasteiger partial charge in [-0.2, -0.15) is 5.10 Å². The van der Waals surface area contributed by atoms with Crippen LogP contribution in [0, 0.1) is 0 Å². The normalized spacial score (nSPS) is 11.3. The first-order chi connectivity index (χ1) is 11.8. The number of hydrazone groups is 1. The Balaban J connectivity index is 2.61. The summed E-state index contributed by atoms with van der Waals surface area (Å²) >= 11 is 12.4. The van der Waals surface area contributed by atoms with E-state index in [0.717, 1.165) is 9.69 Å². The first-order valence-corrected chi connectivity index (χ1v) is 7.62. The van der Waals surface area contributed by atoms with Gasteiger partial charge in [-0.05, 0) is 6.07 Å². The quantitative estimate of drug-likeness (QED) is 0.299. The van der Waals surface area contributed by atoms with Crippen molar-refractivity contribution in [3.05, 3.63) is 50.4 Å². The Morgan fingerprint density at radius 2 is 2.00 bits per heavy atom. The largest absolute Gasteiger partial charge is 0.320 e. The summed E-state index contributed by atoms with van der Waals surface area (Å²) < 4.78 is 0.991. The number of amides is 1. The van der Waals surface area contributed by atoms with Crippen LogP contribution in [0.25, 0.3) is 11.1 Å². The third kappa shape index (κ3) is 3.73. The summed E-state index contributed by atoms with van der Waals surface area (Å²) in [5, 5.41) is 10.8. The second-order valence-corrected chi connectivity index (χ2v) is 5.75. The van der Waals surface area contributed by atoms with Crippen molar-refractivity contribution in [3.63, 3.8) is 0 Å². The molecule has 1 aromatic carbocycles. The van der Waals surface area contributed by atoms with Gasteiger partial charge < -0.3 is 5.84 Å². The molecule has 0 radical (unpaired) electrons. The lowest BCUT2D eigenvalue weighted by Crippen LogP contribution is -2.46. The molecule has 11 heteroatoms. The molecule has 0 bridgehead atoms. The lowest BCUT2D eigenvalue weighted by Gasteiger charge is -2.16. The molecule has 2 rings (SSSR count). The monoisotopic (exact) mass is 383 g/mol. The molecule has 0 fully saturated rings. The fourth-order valence-electron chi connectivity index (χ4n) is 2.03. The van der Waals surface area contributed by atoms with E-state index in [1.807, 2.05) is 0 Å². The predicted octanol–water partition coefficient (Wildman–Crippen LogP) is 0.519. The molecule has 0 atom stereocenters. The van der Waals surface area contributed by atoms with Crippen molar-refractivity contribution < 1.29 is 4.79 Å². The average molecular weight is 384 g/mol. The van der Waals surface area contributed by atoms with Crippen LogP contribution in [0.3, 0.4) is 0 Å². The molecule has 1 amide bonds. The Kier molecular flexibility index (Phi) is 5.62. The number of halogens is 2. The zero-order valence-electron chi connectivity index (χ0n) is 13.3. The Morgan fingerprint density at radius 3 is 2.56 bits per heavy atom. The Morgan fingerprint density at radius 1 is 1.36 bits per heavy atom. The van der Waals surface area contributed by atoms with Crippen LogP contribution in [0.1, 0.15) is 10.5 Å². The minimum atomic E-state index is -0.740. The van der Waals surface area contributed by atoms with Gasteiger partial charge in [0.15, 0.2) is 5.69 Å². The molecule has 1 aromatic heterocycles. The number of rotatable bonds is 2. The number of nitrogens with two attached hydrogens (primary N) is 2. The minimum absolute atomic E-state index is 0.0576. The van der Waals surface area contributed by atoms with Gasteiger partial charge in [0.25, 0.3) is 11.5 Å². The van der Waals surface area contributed by atoms with Gasteiger partial charge in [-0.3, -0.25) is 19.9 Å². The Bertz CT molecular complexity index is 909. The minimum Gasteiger partial charge on any atom is -0.320 e. The zero-order chi connectivity index (χ0) is 18.7. The summed E-state index contributed by atoms with van der Waals surface area (Å²) in [6.07, 6.45) is 0. The van der Waals surface area contributed by atoms with Crippen molar-refractivity contribution >= 4 is 35.1 Å². The van der Waals surface area contributed by atoms with Crippen molar-refractivity contribution in [1.29, 1.82) is 0 Å². The first-order valence-electron chi connectivity index (χ1n) is 6.87. The van der Waals surface area contributed by atoms with E-state index >= 15 is 0 Å². The summed E-state index contributed by atoms with van der Waals surface area (Å²) in [5.74, 6) is 9.79. The highest BCUT2D eigenvalue weighted by Crippen LogP contribution is 2.31. The third-order valence-electron chi connectivity index (χ3n) is 3.23. The molecule has 132 valence electrons. The summed E-state index contributed by atoms with van der Waals surface area (Å²) in [6, 6.07) is 6.63. The molecular formula is C14H15Cl2N7O2. The molecule has 0 aliphatic rings. The van der Waals surface area contributed by atoms with E-state index in [-0.39, 0.29) is 22.2 Å². The highest BCUT2D eigenvalue weighted by atomic mass is 35.5. The molecule has 25 heavy (non-hydrogen) atoms. The molecular weight excluding hydrogens is 369 g/mol. The van der Waals surface area contributed by atoms with Gasteiger partial charge in [-0.15, -0.1) is 5.10 Å². The van der Waals surface area contributed by atoms with Crippen LogP contribution in [-0.4, -0.2) is 33.7 Å². The fraction of sp³-hybridized carbons (Fsp3) is 0.143. The molecule has 0 saturated carbocycles. The second-order valence-electron chi connectivity index (χ2n) is 4.96. The summed E-state index contributed by atoms with van der Waals surface area (Å²) in [4.78, 5) is 24.9. The number of benzene rings is 1. The van der Waals surface area contributed by atoms with Crippen molar-refractivity contribution in [1.82, 2.24) is 20.1 Å². The number of guanidine groups is 1. The number of hydrazine groups is 1. The molecule has 1 heterocycles. The molecule has 0 aliphatic heterocycles. The maximum atomic E-state index is 12.5. The van der Waals surface area contributed by atoms with Crippen LogP contribution >= 0.6 is 23.2 Å². The number of nitrogens with zero attached hydrogens (tertiary/aromatic N) is 4. The van der Waals surface area contributed by atoms with Gasteiger partial charge in [0.05, 0.1) is 10.6 Å². The highest BCUT2D eigenvalue weighted by molar-refractivity contribution is 6.38.